The van der Waals surface area contributed by atoms with Crippen molar-refractivity contribution in [1.29, 1.82) is 0 Å². The number of aryl methyl sites for hydroxylation is 2. The Morgan fingerprint density at radius 2 is 1.51 bits per heavy atom. The van der Waals surface area contributed by atoms with Crippen molar-refractivity contribution in [3.63, 3.8) is 0 Å². The molecule has 3 heteroatoms. The molecule has 0 spiro atoms. The zero-order valence-corrected chi connectivity index (χ0v) is 26.1. The maximum Gasteiger partial charge on any atom is 0.114 e. The van der Waals surface area contributed by atoms with E-state index in [-0.39, 0.29) is 0 Å². The summed E-state index contributed by atoms with van der Waals surface area (Å²) in [4.78, 5) is 5.44. The number of hydrogen-bond donors (Lipinski definition) is 0. The van der Waals surface area contributed by atoms with Crippen LogP contribution in [0.15, 0.2) is 114 Å². The Labute approximate surface area is 257 Å². The summed E-state index contributed by atoms with van der Waals surface area (Å²) in [6, 6.07) is 37.6. The van der Waals surface area contributed by atoms with Gasteiger partial charge >= 0.3 is 0 Å². The van der Waals surface area contributed by atoms with E-state index in [2.05, 4.69) is 141 Å². The molecule has 43 heavy (non-hydrogen) atoms. The van der Waals surface area contributed by atoms with E-state index in [1.54, 1.807) is 0 Å². The number of benzene rings is 5. The number of hydrogen-bond acceptors (Lipinski definition) is 2. The van der Waals surface area contributed by atoms with Gasteiger partial charge < -0.3 is 0 Å². The molecule has 0 bridgehead atoms. The summed E-state index contributed by atoms with van der Waals surface area (Å²) in [5.74, 6) is 1.09. The molecule has 7 aromatic rings. The Hall–Kier alpha value is -4.47. The van der Waals surface area contributed by atoms with Crippen LogP contribution in [-0.2, 0) is 6.42 Å². The second-order valence-electron chi connectivity index (χ2n) is 11.2. The molecule has 0 atom stereocenters. The average Bonchev–Trinajstić information content (AvgIpc) is 3.60. The van der Waals surface area contributed by atoms with Crippen LogP contribution < -0.4 is 0 Å². The fourth-order valence-corrected chi connectivity index (χ4v) is 7.93. The second-order valence-corrected chi connectivity index (χ2v) is 12.3. The van der Waals surface area contributed by atoms with Crippen molar-refractivity contribution in [3.05, 3.63) is 126 Å². The van der Waals surface area contributed by atoms with Crippen LogP contribution in [0.4, 0.5) is 0 Å². The monoisotopic (exact) mass is 576 g/mol. The predicted molar refractivity (Wildman–Crippen MR) is 190 cm³/mol. The first-order chi connectivity index (χ1) is 21.1. The van der Waals surface area contributed by atoms with Crippen molar-refractivity contribution >= 4 is 64.8 Å². The summed E-state index contributed by atoms with van der Waals surface area (Å²) in [6.45, 7) is 8.89. The van der Waals surface area contributed by atoms with E-state index in [0.717, 1.165) is 36.4 Å². The second kappa shape index (κ2) is 11.3. The van der Waals surface area contributed by atoms with E-state index in [4.69, 9.17) is 4.99 Å². The van der Waals surface area contributed by atoms with Gasteiger partial charge in [-0.1, -0.05) is 111 Å². The van der Waals surface area contributed by atoms with Crippen LogP contribution in [0.25, 0.3) is 58.8 Å². The topological polar surface area (TPSA) is 17.3 Å². The lowest BCUT2D eigenvalue weighted by molar-refractivity contribution is 0.958. The molecule has 2 aromatic heterocycles. The van der Waals surface area contributed by atoms with Crippen LogP contribution in [0.1, 0.15) is 50.3 Å². The maximum atomic E-state index is 5.44. The molecule has 0 aliphatic carbocycles. The number of allylic oxidation sites excluding steroid dienone is 1. The molecule has 0 saturated carbocycles. The van der Waals surface area contributed by atoms with Gasteiger partial charge in [0, 0.05) is 37.4 Å². The van der Waals surface area contributed by atoms with Crippen LogP contribution in [0.5, 0.6) is 0 Å². The van der Waals surface area contributed by atoms with E-state index < -0.39 is 0 Å². The fourth-order valence-electron chi connectivity index (χ4n) is 6.67. The number of thiophene rings is 1. The van der Waals surface area contributed by atoms with Crippen molar-refractivity contribution in [1.82, 2.24) is 4.57 Å². The van der Waals surface area contributed by atoms with Crippen LogP contribution in [0, 0.1) is 6.92 Å². The van der Waals surface area contributed by atoms with E-state index in [9.17, 15) is 0 Å². The van der Waals surface area contributed by atoms with Gasteiger partial charge in [0.1, 0.15) is 5.84 Å². The molecule has 0 amide bonds. The summed E-state index contributed by atoms with van der Waals surface area (Å²) in [5, 5.41) is 5.29. The van der Waals surface area contributed by atoms with Crippen molar-refractivity contribution in [3.8, 4) is 11.1 Å². The predicted octanol–water partition coefficient (Wildman–Crippen LogP) is 11.8. The molecular formula is C40H36N2S. The molecule has 0 aliphatic heterocycles. The lowest BCUT2D eigenvalue weighted by atomic mass is 9.93. The molecule has 2 heterocycles. The van der Waals surface area contributed by atoms with Crippen molar-refractivity contribution < 1.29 is 0 Å². The van der Waals surface area contributed by atoms with Crippen molar-refractivity contribution in [2.75, 3.05) is 0 Å². The minimum absolute atomic E-state index is 0.878. The molecule has 2 nitrogen and oxygen atoms in total. The Morgan fingerprint density at radius 1 is 0.767 bits per heavy atom. The highest BCUT2D eigenvalue weighted by Crippen LogP contribution is 2.44. The lowest BCUT2D eigenvalue weighted by Crippen LogP contribution is -2.13. The minimum atomic E-state index is 0.878. The van der Waals surface area contributed by atoms with Crippen molar-refractivity contribution in [2.45, 2.75) is 47.0 Å². The Morgan fingerprint density at radius 3 is 2.30 bits per heavy atom. The summed E-state index contributed by atoms with van der Waals surface area (Å²) < 4.78 is 5.17. The van der Waals surface area contributed by atoms with E-state index >= 15 is 0 Å². The highest BCUT2D eigenvalue weighted by molar-refractivity contribution is 7.26. The first-order valence-corrected chi connectivity index (χ1v) is 16.2. The smallest absolute Gasteiger partial charge is 0.114 e. The quantitative estimate of drug-likeness (QED) is 0.138. The molecule has 7 rings (SSSR count). The van der Waals surface area contributed by atoms with Gasteiger partial charge in [-0.3, -0.25) is 4.57 Å². The van der Waals surface area contributed by atoms with Crippen LogP contribution in [0.2, 0.25) is 0 Å². The molecule has 0 N–H and O–H groups in total. The molecule has 0 fully saturated rings. The third kappa shape index (κ3) is 4.51. The number of aromatic nitrogens is 1. The Balaban J connectivity index is 1.62. The van der Waals surface area contributed by atoms with Gasteiger partial charge in [-0.05, 0) is 66.6 Å². The van der Waals surface area contributed by atoms with Gasteiger partial charge in [-0.2, -0.15) is 0 Å². The van der Waals surface area contributed by atoms with Crippen LogP contribution in [0.3, 0.4) is 0 Å². The van der Waals surface area contributed by atoms with Gasteiger partial charge in [-0.25, -0.2) is 4.99 Å². The first kappa shape index (κ1) is 27.4. The number of fused-ring (bicyclic) bond motifs is 7. The zero-order chi connectivity index (χ0) is 29.5. The van der Waals surface area contributed by atoms with Gasteiger partial charge in [-0.15, -0.1) is 11.3 Å². The molecule has 212 valence electrons. The van der Waals surface area contributed by atoms with Crippen molar-refractivity contribution in [2.24, 2.45) is 4.99 Å². The summed E-state index contributed by atoms with van der Waals surface area (Å²) in [6.07, 6.45) is 5.03. The molecule has 0 radical (unpaired) electrons. The zero-order valence-electron chi connectivity index (χ0n) is 25.3. The van der Waals surface area contributed by atoms with E-state index in [1.807, 2.05) is 11.3 Å². The van der Waals surface area contributed by atoms with E-state index in [1.165, 1.54) is 64.2 Å². The average molecular weight is 577 g/mol. The summed E-state index contributed by atoms with van der Waals surface area (Å²) in [7, 11) is 0. The summed E-state index contributed by atoms with van der Waals surface area (Å²) >= 11 is 1.91. The van der Waals surface area contributed by atoms with Crippen LogP contribution >= 0.6 is 11.3 Å². The van der Waals surface area contributed by atoms with Gasteiger partial charge in [0.2, 0.25) is 0 Å². The van der Waals surface area contributed by atoms with Gasteiger partial charge in [0.15, 0.2) is 0 Å². The SMILES string of the molecule is C/C=C(\N=C(CCC)n1c2ccc3c4ccccc4sc3c2c2ccc(-c3ccccc3CC)c(C)c21)c1ccccc1. The molecule has 0 unspecified atom stereocenters. The third-order valence-corrected chi connectivity index (χ3v) is 9.91. The van der Waals surface area contributed by atoms with E-state index in [0.29, 0.717) is 0 Å². The number of aliphatic imine (C=N–C) groups is 1. The number of rotatable bonds is 6. The largest absolute Gasteiger partial charge is 0.297 e. The highest BCUT2D eigenvalue weighted by atomic mass is 32.1. The molecular weight excluding hydrogens is 541 g/mol. The minimum Gasteiger partial charge on any atom is -0.297 e. The standard InChI is InChI=1S/C40H36N2S/c1-5-15-37(41-34(7-3)28-17-9-8-10-18-28)42-35-25-24-32-31-20-13-14-21-36(31)43-40(32)38(35)33-23-22-29(26(4)39(33)42)30-19-12-11-16-27(30)6-2/h7-14,16-25H,5-6,15H2,1-4H3/b34-7-,41-37?. The van der Waals surface area contributed by atoms with Gasteiger partial charge in [0.25, 0.3) is 0 Å². The maximum absolute atomic E-state index is 5.44. The molecule has 0 aliphatic rings. The molecule has 0 saturated heterocycles. The Kier molecular flexibility index (Phi) is 7.20. The summed E-state index contributed by atoms with van der Waals surface area (Å²) in [5.41, 5.74) is 9.93. The van der Waals surface area contributed by atoms with Crippen LogP contribution in [-0.4, -0.2) is 10.4 Å². The molecule has 5 aromatic carbocycles. The first-order valence-electron chi connectivity index (χ1n) is 15.4. The lowest BCUT2D eigenvalue weighted by Gasteiger charge is -2.16. The Bertz CT molecular complexity index is 2190. The normalized spacial score (nSPS) is 12.7. The fraction of sp³-hybridized carbons (Fsp3) is 0.175. The third-order valence-electron chi connectivity index (χ3n) is 8.70. The number of nitrogens with zero attached hydrogens (tertiary/aromatic N) is 2. The van der Waals surface area contributed by atoms with Gasteiger partial charge in [0.05, 0.1) is 16.7 Å². The highest BCUT2D eigenvalue weighted by Gasteiger charge is 2.22.